The largest absolute Gasteiger partial charge is 0.493 e. The molecule has 0 N–H and O–H groups in total. The van der Waals surface area contributed by atoms with Gasteiger partial charge in [-0.3, -0.25) is 0 Å². The molecule has 1 aliphatic rings. The van der Waals surface area contributed by atoms with Crippen LogP contribution in [0, 0.1) is 0 Å². The summed E-state index contributed by atoms with van der Waals surface area (Å²) in [5, 5.41) is 1.37. The lowest BCUT2D eigenvalue weighted by atomic mass is 10.0. The van der Waals surface area contributed by atoms with Gasteiger partial charge in [0.25, 0.3) is 0 Å². The highest BCUT2D eigenvalue weighted by atomic mass is 35.5. The van der Waals surface area contributed by atoms with Crippen molar-refractivity contribution in [1.29, 1.82) is 0 Å². The van der Waals surface area contributed by atoms with Crippen LogP contribution in [-0.2, 0) is 6.42 Å². The fourth-order valence-electron chi connectivity index (χ4n) is 3.01. The smallest absolute Gasteiger partial charge is 0.161 e. The zero-order valence-corrected chi connectivity index (χ0v) is 14.7. The lowest BCUT2D eigenvalue weighted by Crippen LogP contribution is -2.11. The molecule has 1 aliphatic carbocycles. The summed E-state index contributed by atoms with van der Waals surface area (Å²) < 4.78 is 11.6. The Balaban J connectivity index is 1.85. The van der Waals surface area contributed by atoms with E-state index in [0.29, 0.717) is 22.6 Å². The van der Waals surface area contributed by atoms with E-state index >= 15 is 0 Å². The second kappa shape index (κ2) is 7.46. The fourth-order valence-corrected chi connectivity index (χ4v) is 3.55. The van der Waals surface area contributed by atoms with Crippen molar-refractivity contribution in [3.8, 4) is 11.5 Å². The summed E-state index contributed by atoms with van der Waals surface area (Å²) in [6.07, 6.45) is 5.67. The van der Waals surface area contributed by atoms with E-state index in [9.17, 15) is 0 Å². The molecule has 0 bridgehead atoms. The molecule has 2 nitrogen and oxygen atoms in total. The minimum absolute atomic E-state index is 0.294. The Labute approximate surface area is 147 Å². The van der Waals surface area contributed by atoms with E-state index in [0.717, 1.165) is 35.5 Å². The zero-order valence-electron chi connectivity index (χ0n) is 13.1. The monoisotopic (exact) mass is 350 g/mol. The molecule has 0 aromatic heterocycles. The van der Waals surface area contributed by atoms with Gasteiger partial charge in [0, 0.05) is 16.5 Å². The summed E-state index contributed by atoms with van der Waals surface area (Å²) in [5.41, 5.74) is 2.04. The Kier molecular flexibility index (Phi) is 5.34. The number of rotatable bonds is 5. The molecule has 0 spiro atoms. The average Bonchev–Trinajstić information content (AvgIpc) is 3.04. The predicted molar refractivity (Wildman–Crippen MR) is 95.1 cm³/mol. The Morgan fingerprint density at radius 2 is 1.70 bits per heavy atom. The molecular weight excluding hydrogens is 331 g/mol. The van der Waals surface area contributed by atoms with Gasteiger partial charge in [-0.2, -0.15) is 0 Å². The van der Waals surface area contributed by atoms with Crippen LogP contribution in [0.5, 0.6) is 11.5 Å². The van der Waals surface area contributed by atoms with Gasteiger partial charge >= 0.3 is 0 Å². The third kappa shape index (κ3) is 3.94. The molecule has 0 aliphatic heterocycles. The molecule has 23 heavy (non-hydrogen) atoms. The van der Waals surface area contributed by atoms with Gasteiger partial charge in [0.15, 0.2) is 11.5 Å². The molecule has 4 heteroatoms. The summed E-state index contributed by atoms with van der Waals surface area (Å²) in [4.78, 5) is 0. The topological polar surface area (TPSA) is 18.5 Å². The van der Waals surface area contributed by atoms with Crippen molar-refractivity contribution in [2.24, 2.45) is 0 Å². The summed E-state index contributed by atoms with van der Waals surface area (Å²) in [6, 6.07) is 11.6. The van der Waals surface area contributed by atoms with Gasteiger partial charge in [0.1, 0.15) is 0 Å². The minimum Gasteiger partial charge on any atom is -0.493 e. The quantitative estimate of drug-likeness (QED) is 0.666. The first-order chi connectivity index (χ1) is 11.2. The van der Waals surface area contributed by atoms with Gasteiger partial charge in [0.05, 0.1) is 13.2 Å². The van der Waals surface area contributed by atoms with Crippen molar-refractivity contribution in [1.82, 2.24) is 0 Å². The molecule has 122 valence electrons. The second-order valence-corrected chi connectivity index (χ2v) is 6.70. The fraction of sp³-hybridized carbons (Fsp3) is 0.368. The van der Waals surface area contributed by atoms with Gasteiger partial charge in [-0.25, -0.2) is 0 Å². The van der Waals surface area contributed by atoms with E-state index in [1.165, 1.54) is 12.8 Å². The van der Waals surface area contributed by atoms with E-state index < -0.39 is 0 Å². The molecule has 1 saturated carbocycles. The van der Waals surface area contributed by atoms with Crippen molar-refractivity contribution in [3.63, 3.8) is 0 Å². The first-order valence-corrected chi connectivity index (χ1v) is 8.69. The molecular formula is C19H20Cl2O2. The second-order valence-electron chi connectivity index (χ2n) is 5.89. The lowest BCUT2D eigenvalue weighted by Gasteiger charge is -2.17. The number of benzene rings is 2. The van der Waals surface area contributed by atoms with Crippen LogP contribution in [0.1, 0.15) is 36.8 Å². The first-order valence-electron chi connectivity index (χ1n) is 7.94. The Hall–Kier alpha value is -1.38. The highest BCUT2D eigenvalue weighted by molar-refractivity contribution is 6.36. The molecule has 3 rings (SSSR count). The maximum absolute atomic E-state index is 6.27. The van der Waals surface area contributed by atoms with Crippen molar-refractivity contribution < 1.29 is 9.47 Å². The van der Waals surface area contributed by atoms with Crippen molar-refractivity contribution >= 4 is 23.2 Å². The minimum atomic E-state index is 0.294. The normalized spacial score (nSPS) is 14.9. The molecule has 1 fully saturated rings. The molecule has 0 unspecified atom stereocenters. The number of ether oxygens (including phenoxy) is 2. The molecule has 2 aromatic carbocycles. The Morgan fingerprint density at radius 1 is 1.00 bits per heavy atom. The SMILES string of the molecule is COc1ccc(Cc2c(Cl)cccc2Cl)cc1OC1CCCC1. The maximum atomic E-state index is 6.27. The third-order valence-electron chi connectivity index (χ3n) is 4.27. The van der Waals surface area contributed by atoms with Crippen LogP contribution in [0.3, 0.4) is 0 Å². The first kappa shape index (κ1) is 16.5. The van der Waals surface area contributed by atoms with E-state index in [1.54, 1.807) is 7.11 Å². The van der Waals surface area contributed by atoms with E-state index in [1.807, 2.05) is 36.4 Å². The lowest BCUT2D eigenvalue weighted by molar-refractivity contribution is 0.200. The average molecular weight is 351 g/mol. The Morgan fingerprint density at radius 3 is 2.35 bits per heavy atom. The highest BCUT2D eigenvalue weighted by Gasteiger charge is 2.19. The van der Waals surface area contributed by atoms with Crippen LogP contribution in [0.4, 0.5) is 0 Å². The van der Waals surface area contributed by atoms with Crippen LogP contribution in [0.15, 0.2) is 36.4 Å². The van der Waals surface area contributed by atoms with E-state index in [-0.39, 0.29) is 0 Å². The van der Waals surface area contributed by atoms with E-state index in [2.05, 4.69) is 0 Å². The number of hydrogen-bond acceptors (Lipinski definition) is 2. The standard InChI is InChI=1S/C19H20Cl2O2/c1-22-18-10-9-13(11-15-16(20)7-4-8-17(15)21)12-19(18)23-14-5-2-3-6-14/h4,7-10,12,14H,2-3,5-6,11H2,1H3. The molecule has 0 atom stereocenters. The number of hydrogen-bond donors (Lipinski definition) is 0. The summed E-state index contributed by atoms with van der Waals surface area (Å²) >= 11 is 12.5. The predicted octanol–water partition coefficient (Wildman–Crippen LogP) is 5.91. The van der Waals surface area contributed by atoms with Crippen LogP contribution in [0.2, 0.25) is 10.0 Å². The molecule has 2 aromatic rings. The van der Waals surface area contributed by atoms with Gasteiger partial charge in [-0.15, -0.1) is 0 Å². The maximum Gasteiger partial charge on any atom is 0.161 e. The van der Waals surface area contributed by atoms with Gasteiger partial charge in [0.2, 0.25) is 0 Å². The van der Waals surface area contributed by atoms with Gasteiger partial charge in [-0.05, 0) is 61.1 Å². The summed E-state index contributed by atoms with van der Waals surface area (Å²) in [5.74, 6) is 1.57. The van der Waals surface area contributed by atoms with Gasteiger partial charge < -0.3 is 9.47 Å². The Bertz CT molecular complexity index is 659. The van der Waals surface area contributed by atoms with Crippen molar-refractivity contribution in [2.45, 2.75) is 38.2 Å². The molecule has 0 heterocycles. The van der Waals surface area contributed by atoms with Crippen molar-refractivity contribution in [2.75, 3.05) is 7.11 Å². The summed E-state index contributed by atoms with van der Waals surface area (Å²) in [6.45, 7) is 0. The summed E-state index contributed by atoms with van der Waals surface area (Å²) in [7, 11) is 1.67. The number of halogens is 2. The van der Waals surface area contributed by atoms with Crippen LogP contribution < -0.4 is 9.47 Å². The molecule has 0 amide bonds. The molecule has 0 saturated heterocycles. The van der Waals surface area contributed by atoms with Crippen molar-refractivity contribution in [3.05, 3.63) is 57.6 Å². The zero-order chi connectivity index (χ0) is 16.2. The van der Waals surface area contributed by atoms with E-state index in [4.69, 9.17) is 32.7 Å². The third-order valence-corrected chi connectivity index (χ3v) is 4.97. The van der Waals surface area contributed by atoms with Crippen LogP contribution in [0.25, 0.3) is 0 Å². The van der Waals surface area contributed by atoms with Gasteiger partial charge in [-0.1, -0.05) is 35.3 Å². The molecule has 0 radical (unpaired) electrons. The van der Waals surface area contributed by atoms with Crippen LogP contribution in [-0.4, -0.2) is 13.2 Å². The number of methoxy groups -OCH3 is 1. The van der Waals surface area contributed by atoms with Crippen LogP contribution >= 0.6 is 23.2 Å². The highest BCUT2D eigenvalue weighted by Crippen LogP contribution is 2.34.